The number of rotatable bonds is 2. The first-order valence-corrected chi connectivity index (χ1v) is 5.87. The first-order valence-electron chi connectivity index (χ1n) is 5.87. The zero-order valence-corrected chi connectivity index (χ0v) is 10.2. The van der Waals surface area contributed by atoms with Crippen molar-refractivity contribution in [1.29, 1.82) is 0 Å². The van der Waals surface area contributed by atoms with Crippen molar-refractivity contribution in [2.24, 2.45) is 0 Å². The average molecular weight is 274 g/mol. The number of pyridine rings is 1. The minimum atomic E-state index is -1.04. The molecule has 8 nitrogen and oxygen atoms in total. The zero-order valence-electron chi connectivity index (χ0n) is 10.2. The third kappa shape index (κ3) is 1.87. The van der Waals surface area contributed by atoms with Crippen LogP contribution in [0.4, 0.5) is 10.6 Å². The SMILES string of the molecule is O=C1CCN(c2ncn3cc(C(=O)O)ccc23)C(=O)N1. The second-order valence-electron chi connectivity index (χ2n) is 4.34. The van der Waals surface area contributed by atoms with Crippen molar-refractivity contribution in [2.45, 2.75) is 6.42 Å². The largest absolute Gasteiger partial charge is 0.478 e. The molecule has 102 valence electrons. The molecule has 0 atom stereocenters. The van der Waals surface area contributed by atoms with E-state index in [-0.39, 0.29) is 24.4 Å². The number of aromatic nitrogens is 2. The maximum Gasteiger partial charge on any atom is 0.337 e. The molecule has 3 heterocycles. The smallest absolute Gasteiger partial charge is 0.337 e. The topological polar surface area (TPSA) is 104 Å². The van der Waals surface area contributed by atoms with Gasteiger partial charge in [0.25, 0.3) is 0 Å². The molecule has 1 aliphatic rings. The van der Waals surface area contributed by atoms with Crippen LogP contribution in [0.3, 0.4) is 0 Å². The number of fused-ring (bicyclic) bond motifs is 1. The van der Waals surface area contributed by atoms with Crippen molar-refractivity contribution in [1.82, 2.24) is 14.7 Å². The molecule has 0 radical (unpaired) electrons. The fourth-order valence-electron chi connectivity index (χ4n) is 2.09. The number of anilines is 1. The molecule has 0 spiro atoms. The Bertz CT molecular complexity index is 736. The maximum atomic E-state index is 11.8. The van der Waals surface area contributed by atoms with E-state index in [4.69, 9.17) is 5.11 Å². The van der Waals surface area contributed by atoms with E-state index in [1.807, 2.05) is 0 Å². The molecule has 1 aliphatic heterocycles. The highest BCUT2D eigenvalue weighted by molar-refractivity contribution is 6.06. The summed E-state index contributed by atoms with van der Waals surface area (Å²) in [6.07, 6.45) is 3.06. The minimum Gasteiger partial charge on any atom is -0.478 e. The van der Waals surface area contributed by atoms with Gasteiger partial charge in [-0.1, -0.05) is 0 Å². The molecule has 0 aliphatic carbocycles. The van der Waals surface area contributed by atoms with Crippen molar-refractivity contribution >= 4 is 29.2 Å². The normalized spacial score (nSPS) is 15.5. The Hall–Kier alpha value is -2.90. The Labute approximate surface area is 112 Å². The van der Waals surface area contributed by atoms with Gasteiger partial charge in [-0.3, -0.25) is 15.0 Å². The van der Waals surface area contributed by atoms with Crippen LogP contribution in [0, 0.1) is 0 Å². The van der Waals surface area contributed by atoms with Crippen molar-refractivity contribution in [3.63, 3.8) is 0 Å². The maximum absolute atomic E-state index is 11.8. The van der Waals surface area contributed by atoms with Gasteiger partial charge in [-0.15, -0.1) is 0 Å². The molecule has 3 rings (SSSR count). The van der Waals surface area contributed by atoms with Crippen LogP contribution < -0.4 is 10.2 Å². The summed E-state index contributed by atoms with van der Waals surface area (Å²) >= 11 is 0. The molecule has 1 saturated heterocycles. The van der Waals surface area contributed by atoms with E-state index < -0.39 is 12.0 Å². The predicted octanol–water partition coefficient (Wildman–Crippen LogP) is 0.479. The summed E-state index contributed by atoms with van der Waals surface area (Å²) in [6, 6.07) is 2.50. The minimum absolute atomic E-state index is 0.125. The van der Waals surface area contributed by atoms with Crippen molar-refractivity contribution in [3.8, 4) is 0 Å². The molecule has 0 bridgehead atoms. The third-order valence-electron chi connectivity index (χ3n) is 3.07. The molecular weight excluding hydrogens is 264 g/mol. The summed E-state index contributed by atoms with van der Waals surface area (Å²) in [7, 11) is 0. The monoisotopic (exact) mass is 274 g/mol. The molecule has 2 aromatic rings. The molecule has 0 unspecified atom stereocenters. The quantitative estimate of drug-likeness (QED) is 0.828. The van der Waals surface area contributed by atoms with E-state index in [0.717, 1.165) is 0 Å². The van der Waals surface area contributed by atoms with Crippen molar-refractivity contribution < 1.29 is 19.5 Å². The standard InChI is InChI=1S/C12H10N4O4/c17-9-3-4-16(12(20)14-9)10-8-2-1-7(11(18)19)5-15(8)6-13-10/h1-2,5-6H,3-4H2,(H,18,19)(H,14,17,20). The van der Waals surface area contributed by atoms with Gasteiger partial charge >= 0.3 is 12.0 Å². The zero-order chi connectivity index (χ0) is 14.3. The fourth-order valence-corrected chi connectivity index (χ4v) is 2.09. The second kappa shape index (κ2) is 4.34. The highest BCUT2D eigenvalue weighted by Crippen LogP contribution is 2.22. The van der Waals surface area contributed by atoms with Gasteiger partial charge in [0.15, 0.2) is 5.82 Å². The van der Waals surface area contributed by atoms with Crippen LogP contribution in [0.2, 0.25) is 0 Å². The van der Waals surface area contributed by atoms with E-state index >= 15 is 0 Å². The Morgan fingerprint density at radius 1 is 1.35 bits per heavy atom. The summed E-state index contributed by atoms with van der Waals surface area (Å²) in [5.41, 5.74) is 0.722. The number of carboxylic acid groups (broad SMARTS) is 1. The van der Waals surface area contributed by atoms with Gasteiger partial charge in [0.2, 0.25) is 5.91 Å². The number of nitrogens with zero attached hydrogens (tertiary/aromatic N) is 3. The Morgan fingerprint density at radius 3 is 2.85 bits per heavy atom. The molecular formula is C12H10N4O4. The van der Waals surface area contributed by atoms with Crippen LogP contribution in [-0.2, 0) is 4.79 Å². The van der Waals surface area contributed by atoms with Gasteiger partial charge in [-0.25, -0.2) is 14.6 Å². The number of hydrogen-bond acceptors (Lipinski definition) is 4. The van der Waals surface area contributed by atoms with Gasteiger partial charge < -0.3 is 9.51 Å². The van der Waals surface area contributed by atoms with E-state index in [1.54, 1.807) is 6.07 Å². The molecule has 8 heteroatoms. The van der Waals surface area contributed by atoms with Crippen LogP contribution in [0.25, 0.3) is 5.52 Å². The number of urea groups is 1. The highest BCUT2D eigenvalue weighted by atomic mass is 16.4. The number of nitrogens with one attached hydrogen (secondary N) is 1. The highest BCUT2D eigenvalue weighted by Gasteiger charge is 2.27. The first-order chi connectivity index (χ1) is 9.56. The van der Waals surface area contributed by atoms with Crippen molar-refractivity contribution in [3.05, 3.63) is 30.2 Å². The summed E-state index contributed by atoms with van der Waals surface area (Å²) < 4.78 is 1.53. The summed E-state index contributed by atoms with van der Waals surface area (Å²) in [5.74, 6) is -0.960. The molecule has 0 aromatic carbocycles. The number of imidazole rings is 1. The Balaban J connectivity index is 2.02. The third-order valence-corrected chi connectivity index (χ3v) is 3.07. The van der Waals surface area contributed by atoms with Gasteiger partial charge in [0.05, 0.1) is 11.1 Å². The lowest BCUT2D eigenvalue weighted by Crippen LogP contribution is -2.49. The Morgan fingerprint density at radius 2 is 2.15 bits per heavy atom. The van der Waals surface area contributed by atoms with Crippen LogP contribution in [0.5, 0.6) is 0 Å². The van der Waals surface area contributed by atoms with Crippen molar-refractivity contribution in [2.75, 3.05) is 11.4 Å². The van der Waals surface area contributed by atoms with E-state index in [0.29, 0.717) is 11.3 Å². The number of amides is 3. The molecule has 0 saturated carbocycles. The fraction of sp³-hybridized carbons (Fsp3) is 0.167. The van der Waals surface area contributed by atoms with Crippen LogP contribution >= 0.6 is 0 Å². The van der Waals surface area contributed by atoms with Crippen LogP contribution in [0.15, 0.2) is 24.7 Å². The molecule has 2 aromatic heterocycles. The number of hydrogen-bond donors (Lipinski definition) is 2. The predicted molar refractivity (Wildman–Crippen MR) is 67.7 cm³/mol. The number of carbonyl (C=O) groups is 3. The van der Waals surface area contributed by atoms with Crippen LogP contribution in [0.1, 0.15) is 16.8 Å². The number of carbonyl (C=O) groups excluding carboxylic acids is 2. The summed E-state index contributed by atoms with van der Waals surface area (Å²) in [6.45, 7) is 0.248. The summed E-state index contributed by atoms with van der Waals surface area (Å²) in [5, 5.41) is 11.1. The Kier molecular flexibility index (Phi) is 2.63. The lowest BCUT2D eigenvalue weighted by atomic mass is 10.2. The van der Waals surface area contributed by atoms with Crippen LogP contribution in [-0.4, -0.2) is 38.9 Å². The second-order valence-corrected chi connectivity index (χ2v) is 4.34. The summed E-state index contributed by atoms with van der Waals surface area (Å²) in [4.78, 5) is 39.3. The van der Waals surface area contributed by atoms with E-state index in [9.17, 15) is 14.4 Å². The number of imide groups is 1. The van der Waals surface area contributed by atoms with Gasteiger partial charge in [0, 0.05) is 19.2 Å². The number of aromatic carboxylic acids is 1. The van der Waals surface area contributed by atoms with Gasteiger partial charge in [0.1, 0.15) is 6.33 Å². The van der Waals surface area contributed by atoms with E-state index in [1.165, 1.54) is 27.9 Å². The molecule has 2 N–H and O–H groups in total. The van der Waals surface area contributed by atoms with E-state index in [2.05, 4.69) is 10.3 Å². The average Bonchev–Trinajstić information content (AvgIpc) is 2.81. The lowest BCUT2D eigenvalue weighted by molar-refractivity contribution is -0.120. The lowest BCUT2D eigenvalue weighted by Gasteiger charge is -2.24. The van der Waals surface area contributed by atoms with Gasteiger partial charge in [-0.2, -0.15) is 0 Å². The molecule has 20 heavy (non-hydrogen) atoms. The molecule has 1 fully saturated rings. The first kappa shape index (κ1) is 12.2. The molecule has 3 amide bonds. The van der Waals surface area contributed by atoms with Gasteiger partial charge in [-0.05, 0) is 12.1 Å². The number of carboxylic acids is 1.